The van der Waals surface area contributed by atoms with Crippen molar-refractivity contribution in [2.45, 2.75) is 26.2 Å². The summed E-state index contributed by atoms with van der Waals surface area (Å²) in [4.78, 5) is 8.92. The fourth-order valence-corrected chi connectivity index (χ4v) is 2.17. The van der Waals surface area contributed by atoms with Gasteiger partial charge in [-0.15, -0.1) is 0 Å². The number of nitrogens with one attached hydrogen (secondary N) is 2. The third kappa shape index (κ3) is 4.06. The molecular formula is C14H17BrClN5. The van der Waals surface area contributed by atoms with Crippen LogP contribution in [-0.4, -0.2) is 9.97 Å². The van der Waals surface area contributed by atoms with E-state index >= 15 is 0 Å². The number of aromatic nitrogens is 2. The first-order chi connectivity index (χ1) is 9.79. The van der Waals surface area contributed by atoms with Crippen LogP contribution < -0.4 is 16.6 Å². The normalized spacial score (nSPS) is 11.3. The highest BCUT2D eigenvalue weighted by atomic mass is 79.9. The molecule has 0 aliphatic heterocycles. The van der Waals surface area contributed by atoms with Gasteiger partial charge in [0.25, 0.3) is 0 Å². The van der Waals surface area contributed by atoms with Crippen molar-refractivity contribution in [3.63, 3.8) is 0 Å². The van der Waals surface area contributed by atoms with Crippen LogP contribution in [0, 0.1) is 0 Å². The molecule has 0 fully saturated rings. The topological polar surface area (TPSA) is 75.9 Å². The van der Waals surface area contributed by atoms with Gasteiger partial charge in [0.2, 0.25) is 0 Å². The number of hydrogen-bond acceptors (Lipinski definition) is 5. The molecule has 4 N–H and O–H groups in total. The number of hydrazine groups is 1. The number of nitrogens with zero attached hydrogens (tertiary/aromatic N) is 2. The minimum Gasteiger partial charge on any atom is -0.339 e. The maximum Gasteiger partial charge on any atom is 0.145 e. The van der Waals surface area contributed by atoms with E-state index in [0.717, 1.165) is 10.2 Å². The average Bonchev–Trinajstić information content (AvgIpc) is 2.41. The smallest absolute Gasteiger partial charge is 0.145 e. The molecule has 0 atom stereocenters. The quantitative estimate of drug-likeness (QED) is 0.557. The lowest BCUT2D eigenvalue weighted by molar-refractivity contribution is 0.547. The van der Waals surface area contributed by atoms with Gasteiger partial charge in [-0.1, -0.05) is 32.4 Å². The molecule has 2 rings (SSSR count). The van der Waals surface area contributed by atoms with E-state index in [4.69, 9.17) is 17.4 Å². The van der Waals surface area contributed by atoms with Gasteiger partial charge in [0.15, 0.2) is 0 Å². The summed E-state index contributed by atoms with van der Waals surface area (Å²) in [6.07, 6.45) is 0. The fraction of sp³-hybridized carbons (Fsp3) is 0.286. The van der Waals surface area contributed by atoms with Gasteiger partial charge in [-0.25, -0.2) is 15.8 Å². The summed E-state index contributed by atoms with van der Waals surface area (Å²) in [7, 11) is 0. The molecule has 0 radical (unpaired) electrons. The Balaban J connectivity index is 2.42. The van der Waals surface area contributed by atoms with E-state index in [-0.39, 0.29) is 5.41 Å². The van der Waals surface area contributed by atoms with E-state index in [1.54, 1.807) is 6.07 Å². The van der Waals surface area contributed by atoms with Crippen LogP contribution in [0.5, 0.6) is 0 Å². The van der Waals surface area contributed by atoms with E-state index in [1.165, 1.54) is 0 Å². The number of hydrogen-bond donors (Lipinski definition) is 3. The molecular weight excluding hydrogens is 354 g/mol. The van der Waals surface area contributed by atoms with Crippen LogP contribution in [0.3, 0.4) is 0 Å². The Kier molecular flexibility index (Phi) is 4.70. The molecule has 21 heavy (non-hydrogen) atoms. The van der Waals surface area contributed by atoms with Crippen molar-refractivity contribution in [3.05, 3.63) is 39.6 Å². The van der Waals surface area contributed by atoms with Crippen LogP contribution in [-0.2, 0) is 5.41 Å². The first-order valence-electron chi connectivity index (χ1n) is 6.38. The molecule has 2 aromatic rings. The molecule has 0 bridgehead atoms. The van der Waals surface area contributed by atoms with Gasteiger partial charge < -0.3 is 10.7 Å². The van der Waals surface area contributed by atoms with Crippen molar-refractivity contribution in [2.24, 2.45) is 5.84 Å². The van der Waals surface area contributed by atoms with Crippen LogP contribution in [0.25, 0.3) is 0 Å². The van der Waals surface area contributed by atoms with Crippen LogP contribution in [0.1, 0.15) is 26.6 Å². The second-order valence-electron chi connectivity index (χ2n) is 5.61. The third-order valence-corrected chi connectivity index (χ3v) is 3.66. The Morgan fingerprint density at radius 3 is 2.43 bits per heavy atom. The molecule has 0 unspecified atom stereocenters. The molecule has 1 heterocycles. The highest BCUT2D eigenvalue weighted by Crippen LogP contribution is 2.29. The zero-order valence-corrected chi connectivity index (χ0v) is 14.4. The molecule has 5 nitrogen and oxygen atoms in total. The van der Waals surface area contributed by atoms with Gasteiger partial charge in [0.1, 0.15) is 17.5 Å². The summed E-state index contributed by atoms with van der Waals surface area (Å²) in [5.74, 6) is 7.37. The van der Waals surface area contributed by atoms with Gasteiger partial charge >= 0.3 is 0 Å². The Morgan fingerprint density at radius 1 is 1.14 bits per heavy atom. The predicted octanol–water partition coefficient (Wildman–Crippen LogP) is 4.22. The first-order valence-corrected chi connectivity index (χ1v) is 7.55. The van der Waals surface area contributed by atoms with Crippen LogP contribution >= 0.6 is 27.5 Å². The van der Waals surface area contributed by atoms with Gasteiger partial charge in [0, 0.05) is 21.0 Å². The second-order valence-corrected chi connectivity index (χ2v) is 6.90. The number of nitrogen functional groups attached to an aromatic ring is 1. The Hall–Kier alpha value is -1.37. The number of benzene rings is 1. The van der Waals surface area contributed by atoms with Gasteiger partial charge in [-0.3, -0.25) is 0 Å². The molecule has 0 aliphatic carbocycles. The Labute approximate surface area is 137 Å². The summed E-state index contributed by atoms with van der Waals surface area (Å²) in [6, 6.07) is 7.24. The van der Waals surface area contributed by atoms with E-state index in [9.17, 15) is 0 Å². The zero-order valence-electron chi connectivity index (χ0n) is 12.0. The van der Waals surface area contributed by atoms with E-state index in [0.29, 0.717) is 22.5 Å². The molecule has 0 saturated heterocycles. The summed E-state index contributed by atoms with van der Waals surface area (Å²) >= 11 is 9.50. The van der Waals surface area contributed by atoms with Crippen LogP contribution in [0.4, 0.5) is 17.3 Å². The number of nitrogens with two attached hydrogens (primary N) is 1. The monoisotopic (exact) mass is 369 g/mol. The minimum atomic E-state index is -0.186. The fourth-order valence-electron chi connectivity index (χ4n) is 1.65. The lowest BCUT2D eigenvalue weighted by Gasteiger charge is -2.19. The molecule has 1 aromatic heterocycles. The summed E-state index contributed by atoms with van der Waals surface area (Å²) in [5.41, 5.74) is 3.20. The van der Waals surface area contributed by atoms with Crippen LogP contribution in [0.2, 0.25) is 5.02 Å². The Morgan fingerprint density at radius 2 is 1.81 bits per heavy atom. The zero-order chi connectivity index (χ0) is 15.6. The second kappa shape index (κ2) is 6.17. The van der Waals surface area contributed by atoms with Crippen molar-refractivity contribution in [1.82, 2.24) is 9.97 Å². The molecule has 7 heteroatoms. The first kappa shape index (κ1) is 16.0. The van der Waals surface area contributed by atoms with Gasteiger partial charge in [-0.05, 0) is 34.1 Å². The molecule has 0 saturated carbocycles. The molecule has 1 aromatic carbocycles. The van der Waals surface area contributed by atoms with E-state index < -0.39 is 0 Å². The third-order valence-electron chi connectivity index (χ3n) is 2.74. The number of halogens is 2. The molecule has 0 aliphatic rings. The largest absolute Gasteiger partial charge is 0.339 e. The van der Waals surface area contributed by atoms with Crippen LogP contribution in [0.15, 0.2) is 28.7 Å². The molecule has 0 spiro atoms. The predicted molar refractivity (Wildman–Crippen MR) is 91.0 cm³/mol. The summed E-state index contributed by atoms with van der Waals surface area (Å²) < 4.78 is 0.894. The number of anilines is 3. The van der Waals surface area contributed by atoms with E-state index in [2.05, 4.69) is 36.6 Å². The van der Waals surface area contributed by atoms with Crippen molar-refractivity contribution in [1.29, 1.82) is 0 Å². The highest BCUT2D eigenvalue weighted by molar-refractivity contribution is 9.10. The lowest BCUT2D eigenvalue weighted by atomic mass is 9.96. The maximum atomic E-state index is 6.02. The summed E-state index contributed by atoms with van der Waals surface area (Å²) in [5, 5.41) is 3.86. The average molecular weight is 371 g/mol. The SMILES string of the molecule is CC(C)(C)c1nc(NN)cc(Nc2cc(Cl)ccc2Br)n1. The van der Waals surface area contributed by atoms with E-state index in [1.807, 2.05) is 39.0 Å². The number of rotatable bonds is 3. The minimum absolute atomic E-state index is 0.186. The van der Waals surface area contributed by atoms with Crippen molar-refractivity contribution in [2.75, 3.05) is 10.7 Å². The maximum absolute atomic E-state index is 6.02. The highest BCUT2D eigenvalue weighted by Gasteiger charge is 2.19. The van der Waals surface area contributed by atoms with Crippen molar-refractivity contribution < 1.29 is 0 Å². The van der Waals surface area contributed by atoms with Crippen molar-refractivity contribution >= 4 is 44.9 Å². The standard InChI is InChI=1S/C14H17BrClN5/c1-14(2,3)13-19-11(7-12(20-13)21-17)18-10-6-8(16)4-5-9(10)15/h4-7H,17H2,1-3H3,(H2,18,19,20,21). The van der Waals surface area contributed by atoms with Crippen molar-refractivity contribution in [3.8, 4) is 0 Å². The summed E-state index contributed by atoms with van der Waals surface area (Å²) in [6.45, 7) is 6.13. The van der Waals surface area contributed by atoms with Gasteiger partial charge in [-0.2, -0.15) is 0 Å². The molecule has 0 amide bonds. The molecule has 112 valence electrons. The lowest BCUT2D eigenvalue weighted by Crippen LogP contribution is -2.19. The van der Waals surface area contributed by atoms with Gasteiger partial charge in [0.05, 0.1) is 5.69 Å². The Bertz CT molecular complexity index is 654.